The molecule has 2 fully saturated rings. The summed E-state index contributed by atoms with van der Waals surface area (Å²) in [7, 11) is 0. The maximum absolute atomic E-state index is 12.5. The highest BCUT2D eigenvalue weighted by Gasteiger charge is 2.39. The van der Waals surface area contributed by atoms with Gasteiger partial charge in [-0.1, -0.05) is 11.6 Å². The molecule has 25 heavy (non-hydrogen) atoms. The van der Waals surface area contributed by atoms with Crippen molar-refractivity contribution in [3.8, 4) is 0 Å². The minimum absolute atomic E-state index is 0.0238. The molecule has 1 aromatic carbocycles. The van der Waals surface area contributed by atoms with Crippen LogP contribution < -0.4 is 15.5 Å². The van der Waals surface area contributed by atoms with Crippen LogP contribution in [0.25, 0.3) is 0 Å². The minimum Gasteiger partial charge on any atom is -0.341 e. The molecule has 2 N–H and O–H groups in total. The zero-order valence-electron chi connectivity index (χ0n) is 13.8. The van der Waals surface area contributed by atoms with Crippen LogP contribution in [0.3, 0.4) is 0 Å². The van der Waals surface area contributed by atoms with Crippen LogP contribution in [-0.4, -0.2) is 55.0 Å². The van der Waals surface area contributed by atoms with Crippen LogP contribution in [0.5, 0.6) is 0 Å². The van der Waals surface area contributed by atoms with Gasteiger partial charge in [-0.25, -0.2) is 9.69 Å². The number of nitrogens with zero attached hydrogens (tertiary/aromatic N) is 2. The quantitative estimate of drug-likeness (QED) is 0.790. The van der Waals surface area contributed by atoms with Crippen LogP contribution in [-0.2, 0) is 9.59 Å². The number of rotatable bonds is 4. The largest absolute Gasteiger partial charge is 0.341 e. The second kappa shape index (κ2) is 7.84. The van der Waals surface area contributed by atoms with Gasteiger partial charge < -0.3 is 15.5 Å². The van der Waals surface area contributed by atoms with Gasteiger partial charge in [-0.15, -0.1) is 0 Å². The zero-order valence-corrected chi connectivity index (χ0v) is 14.6. The summed E-state index contributed by atoms with van der Waals surface area (Å²) in [5.74, 6) is -0.312. The molecule has 2 heterocycles. The third kappa shape index (κ3) is 4.11. The molecule has 4 amide bonds. The minimum atomic E-state index is -0.669. The van der Waals surface area contributed by atoms with Gasteiger partial charge in [0, 0.05) is 31.1 Å². The number of urea groups is 1. The van der Waals surface area contributed by atoms with E-state index in [0.29, 0.717) is 23.7 Å². The van der Waals surface area contributed by atoms with Crippen molar-refractivity contribution in [2.24, 2.45) is 0 Å². The first-order valence-corrected chi connectivity index (χ1v) is 8.82. The Morgan fingerprint density at radius 3 is 2.68 bits per heavy atom. The van der Waals surface area contributed by atoms with Crippen molar-refractivity contribution in [3.05, 3.63) is 29.3 Å². The highest BCUT2D eigenvalue weighted by Crippen LogP contribution is 2.23. The van der Waals surface area contributed by atoms with Gasteiger partial charge in [0.2, 0.25) is 5.91 Å². The molecule has 1 aromatic rings. The smallest absolute Gasteiger partial charge is 0.329 e. The van der Waals surface area contributed by atoms with Gasteiger partial charge >= 0.3 is 6.03 Å². The predicted molar refractivity (Wildman–Crippen MR) is 94.6 cm³/mol. The van der Waals surface area contributed by atoms with E-state index in [2.05, 4.69) is 10.6 Å². The molecule has 8 heteroatoms. The first kappa shape index (κ1) is 17.7. The Balaban J connectivity index is 1.58. The molecular weight excluding hydrogens is 344 g/mol. The Morgan fingerprint density at radius 1 is 1.16 bits per heavy atom. The molecule has 0 aliphatic carbocycles. The van der Waals surface area contributed by atoms with Crippen molar-refractivity contribution < 1.29 is 14.4 Å². The van der Waals surface area contributed by atoms with Crippen molar-refractivity contribution in [2.45, 2.75) is 25.3 Å². The summed E-state index contributed by atoms with van der Waals surface area (Å²) in [6.45, 7) is 3.11. The van der Waals surface area contributed by atoms with Crippen LogP contribution in [0.15, 0.2) is 24.3 Å². The number of amides is 4. The van der Waals surface area contributed by atoms with E-state index in [0.717, 1.165) is 31.0 Å². The normalized spacial score (nSPS) is 21.2. The van der Waals surface area contributed by atoms with E-state index in [1.54, 1.807) is 24.3 Å². The molecule has 0 spiro atoms. The second-order valence-electron chi connectivity index (χ2n) is 6.18. The van der Waals surface area contributed by atoms with Crippen LogP contribution in [0.4, 0.5) is 10.5 Å². The Kier molecular flexibility index (Phi) is 5.55. The van der Waals surface area contributed by atoms with Gasteiger partial charge in [-0.2, -0.15) is 0 Å². The van der Waals surface area contributed by atoms with Gasteiger partial charge in [-0.3, -0.25) is 9.59 Å². The molecule has 0 aromatic heterocycles. The second-order valence-corrected chi connectivity index (χ2v) is 6.61. The molecule has 134 valence electrons. The van der Waals surface area contributed by atoms with E-state index < -0.39 is 12.1 Å². The molecule has 3 rings (SSSR count). The van der Waals surface area contributed by atoms with E-state index >= 15 is 0 Å². The van der Waals surface area contributed by atoms with Gasteiger partial charge in [0.15, 0.2) is 0 Å². The molecule has 1 unspecified atom stereocenters. The molecule has 0 saturated carbocycles. The van der Waals surface area contributed by atoms with E-state index in [9.17, 15) is 14.4 Å². The summed E-state index contributed by atoms with van der Waals surface area (Å²) in [5, 5.41) is 6.44. The molecule has 2 aliphatic heterocycles. The molecular formula is C17H21ClN4O3. The predicted octanol–water partition coefficient (Wildman–Crippen LogP) is 1.37. The van der Waals surface area contributed by atoms with E-state index in [1.165, 1.54) is 0 Å². The Morgan fingerprint density at radius 2 is 1.92 bits per heavy atom. The number of carbonyl (C=O) groups is 3. The average Bonchev–Trinajstić information content (AvgIpc) is 2.80. The lowest BCUT2D eigenvalue weighted by Gasteiger charge is -2.20. The number of anilines is 1. The van der Waals surface area contributed by atoms with Crippen molar-refractivity contribution in [2.75, 3.05) is 31.1 Å². The average molecular weight is 365 g/mol. The number of carbonyl (C=O) groups excluding carboxylic acids is 3. The van der Waals surface area contributed by atoms with E-state index in [1.807, 2.05) is 4.90 Å². The first-order chi connectivity index (χ1) is 12.1. The number of benzene rings is 1. The fourth-order valence-corrected chi connectivity index (χ4v) is 3.21. The maximum Gasteiger partial charge on any atom is 0.329 e. The van der Waals surface area contributed by atoms with Gasteiger partial charge in [-0.05, 0) is 43.7 Å². The summed E-state index contributed by atoms with van der Waals surface area (Å²) in [6.07, 6.45) is 1.47. The Bertz CT molecular complexity index is 656. The summed E-state index contributed by atoms with van der Waals surface area (Å²) < 4.78 is 0. The number of imide groups is 1. The lowest BCUT2D eigenvalue weighted by atomic mass is 10.1. The van der Waals surface area contributed by atoms with E-state index in [-0.39, 0.29) is 18.2 Å². The summed E-state index contributed by atoms with van der Waals surface area (Å²) in [5.41, 5.74) is 0.472. The third-order valence-electron chi connectivity index (χ3n) is 4.44. The fraction of sp³-hybridized carbons (Fsp3) is 0.471. The van der Waals surface area contributed by atoms with Crippen LogP contribution in [0.1, 0.15) is 19.3 Å². The highest BCUT2D eigenvalue weighted by molar-refractivity contribution is 6.30. The van der Waals surface area contributed by atoms with Crippen molar-refractivity contribution in [3.63, 3.8) is 0 Å². The van der Waals surface area contributed by atoms with Crippen molar-refractivity contribution in [1.82, 2.24) is 15.5 Å². The van der Waals surface area contributed by atoms with Crippen molar-refractivity contribution >= 4 is 35.1 Å². The standard InChI is InChI=1S/C17H21ClN4O3/c18-12-2-4-13(5-3-12)22-16(24)14(20-17(22)25)6-7-15(23)21-10-1-8-19-9-11-21/h2-5,14,19H,1,6-11H2,(H,20,25). The Hall–Kier alpha value is -2.12. The molecule has 2 aliphatic rings. The SMILES string of the molecule is O=C(CCC1NC(=O)N(c2ccc(Cl)cc2)C1=O)N1CCCNCC1. The lowest BCUT2D eigenvalue weighted by Crippen LogP contribution is -2.36. The van der Waals surface area contributed by atoms with E-state index in [4.69, 9.17) is 11.6 Å². The maximum atomic E-state index is 12.5. The number of nitrogens with one attached hydrogen (secondary N) is 2. The lowest BCUT2D eigenvalue weighted by molar-refractivity contribution is -0.131. The fourth-order valence-electron chi connectivity index (χ4n) is 3.08. The number of hydrogen-bond acceptors (Lipinski definition) is 4. The Labute approximate surface area is 151 Å². The summed E-state index contributed by atoms with van der Waals surface area (Å²) in [4.78, 5) is 39.9. The molecule has 0 radical (unpaired) electrons. The van der Waals surface area contributed by atoms with Crippen LogP contribution in [0, 0.1) is 0 Å². The highest BCUT2D eigenvalue weighted by atomic mass is 35.5. The summed E-state index contributed by atoms with van der Waals surface area (Å²) >= 11 is 5.84. The molecule has 0 bridgehead atoms. The molecule has 7 nitrogen and oxygen atoms in total. The van der Waals surface area contributed by atoms with Gasteiger partial charge in [0.1, 0.15) is 6.04 Å². The van der Waals surface area contributed by atoms with Gasteiger partial charge in [0.05, 0.1) is 5.69 Å². The third-order valence-corrected chi connectivity index (χ3v) is 4.70. The van der Waals surface area contributed by atoms with Crippen LogP contribution in [0.2, 0.25) is 5.02 Å². The molecule has 1 atom stereocenters. The number of halogens is 1. The van der Waals surface area contributed by atoms with Crippen LogP contribution >= 0.6 is 11.6 Å². The zero-order chi connectivity index (χ0) is 17.8. The monoisotopic (exact) mass is 364 g/mol. The first-order valence-electron chi connectivity index (χ1n) is 8.45. The van der Waals surface area contributed by atoms with Gasteiger partial charge in [0.25, 0.3) is 5.91 Å². The summed E-state index contributed by atoms with van der Waals surface area (Å²) in [6, 6.07) is 5.36. The topological polar surface area (TPSA) is 81.8 Å². The number of hydrogen-bond donors (Lipinski definition) is 2. The molecule has 2 saturated heterocycles. The van der Waals surface area contributed by atoms with Crippen molar-refractivity contribution in [1.29, 1.82) is 0 Å².